The molecule has 1 aliphatic heterocycles. The molecule has 0 saturated heterocycles. The monoisotopic (exact) mass is 511 g/mol. The van der Waals surface area contributed by atoms with Crippen molar-refractivity contribution in [3.05, 3.63) is 47.4 Å². The van der Waals surface area contributed by atoms with Crippen molar-refractivity contribution in [2.45, 2.75) is 56.4 Å². The highest BCUT2D eigenvalue weighted by atomic mass is 32.2. The molecule has 190 valence electrons. The second-order valence-corrected chi connectivity index (χ2v) is 12.6. The van der Waals surface area contributed by atoms with E-state index in [9.17, 15) is 13.2 Å². The standard InChI is InChI=1S/C25H29N5O5S/c1-13-12-34-24(31)16-5-6-20(30-22(13)16)29-21-9-17-18(10-27-21)23(28-11-19(17)25(2,3)26)35-14-7-15(8-14)36(4,32)33/h5-6,9-11,13-15H,7-8,12,26H2,1-4H3,(H,27,29,30)/t13-,14-,15+/m0/s1. The molecule has 4 heterocycles. The summed E-state index contributed by atoms with van der Waals surface area (Å²) in [4.78, 5) is 25.7. The Bertz CT molecular complexity index is 1460. The number of rotatable bonds is 6. The van der Waals surface area contributed by atoms with E-state index in [1.165, 1.54) is 6.26 Å². The Morgan fingerprint density at radius 3 is 2.58 bits per heavy atom. The van der Waals surface area contributed by atoms with Crippen LogP contribution in [0.25, 0.3) is 10.8 Å². The Kier molecular flexibility index (Phi) is 5.87. The molecule has 0 amide bonds. The lowest BCUT2D eigenvalue weighted by Gasteiger charge is -2.34. The maximum absolute atomic E-state index is 12.0. The first kappa shape index (κ1) is 24.4. The SMILES string of the molecule is C[C@H]1COC(=O)c2ccc(Nc3cc4c(C(C)(C)N)cnc(O[C@H]5C[C@@H](S(C)(=O)=O)C5)c4cn3)nc21. The van der Waals surface area contributed by atoms with Gasteiger partial charge >= 0.3 is 5.97 Å². The van der Waals surface area contributed by atoms with Gasteiger partial charge in [0.1, 0.15) is 17.7 Å². The fourth-order valence-electron chi connectivity index (χ4n) is 4.49. The summed E-state index contributed by atoms with van der Waals surface area (Å²) in [6.45, 7) is 6.05. The van der Waals surface area contributed by atoms with Crippen LogP contribution in [-0.4, -0.2) is 53.6 Å². The van der Waals surface area contributed by atoms with Crippen LogP contribution in [0.1, 0.15) is 61.1 Å². The van der Waals surface area contributed by atoms with Crippen LogP contribution in [0.3, 0.4) is 0 Å². The highest BCUT2D eigenvalue weighted by Gasteiger charge is 2.38. The molecule has 0 unspecified atom stereocenters. The molecule has 1 saturated carbocycles. The molecule has 11 heteroatoms. The molecule has 0 aromatic carbocycles. The molecule has 0 spiro atoms. The lowest BCUT2D eigenvalue weighted by Crippen LogP contribution is -2.42. The maximum Gasteiger partial charge on any atom is 0.340 e. The van der Waals surface area contributed by atoms with Gasteiger partial charge in [-0.15, -0.1) is 0 Å². The van der Waals surface area contributed by atoms with Crippen molar-refractivity contribution in [3.8, 4) is 5.88 Å². The van der Waals surface area contributed by atoms with E-state index < -0.39 is 15.4 Å². The molecule has 10 nitrogen and oxygen atoms in total. The number of ether oxygens (including phenoxy) is 2. The van der Waals surface area contributed by atoms with Crippen LogP contribution in [-0.2, 0) is 20.1 Å². The summed E-state index contributed by atoms with van der Waals surface area (Å²) in [5.74, 6) is 1.13. The van der Waals surface area contributed by atoms with Crippen molar-refractivity contribution in [3.63, 3.8) is 0 Å². The van der Waals surface area contributed by atoms with E-state index in [0.717, 1.165) is 10.9 Å². The Hall–Kier alpha value is -3.31. The first-order chi connectivity index (χ1) is 16.9. The summed E-state index contributed by atoms with van der Waals surface area (Å²) in [6, 6.07) is 5.29. The molecular formula is C25H29N5O5S. The Balaban J connectivity index is 1.46. The lowest BCUT2D eigenvalue weighted by molar-refractivity contribution is 0.0445. The number of nitrogens with one attached hydrogen (secondary N) is 1. The minimum Gasteiger partial charge on any atom is -0.474 e. The van der Waals surface area contributed by atoms with Crippen molar-refractivity contribution in [1.29, 1.82) is 0 Å². The van der Waals surface area contributed by atoms with Gasteiger partial charge in [-0.2, -0.15) is 0 Å². The van der Waals surface area contributed by atoms with Crippen LogP contribution in [0.2, 0.25) is 0 Å². The largest absolute Gasteiger partial charge is 0.474 e. The zero-order chi connectivity index (χ0) is 25.8. The molecule has 1 fully saturated rings. The molecule has 3 aromatic heterocycles. The number of pyridine rings is 3. The summed E-state index contributed by atoms with van der Waals surface area (Å²) < 4.78 is 34.7. The fourth-order valence-corrected chi connectivity index (χ4v) is 5.62. The molecule has 1 atom stereocenters. The molecule has 0 bridgehead atoms. The van der Waals surface area contributed by atoms with E-state index in [2.05, 4.69) is 20.3 Å². The molecule has 5 rings (SSSR count). The lowest BCUT2D eigenvalue weighted by atomic mass is 9.92. The minimum atomic E-state index is -3.08. The number of hydrogen-bond donors (Lipinski definition) is 2. The van der Waals surface area contributed by atoms with E-state index >= 15 is 0 Å². The summed E-state index contributed by atoms with van der Waals surface area (Å²) in [5.41, 5.74) is 7.73. The van der Waals surface area contributed by atoms with Gasteiger partial charge in [-0.3, -0.25) is 0 Å². The number of sulfone groups is 1. The first-order valence-electron chi connectivity index (χ1n) is 11.8. The van der Waals surface area contributed by atoms with Gasteiger partial charge in [0.05, 0.1) is 28.5 Å². The molecular weight excluding hydrogens is 482 g/mol. The van der Waals surface area contributed by atoms with E-state index in [1.807, 2.05) is 26.8 Å². The highest BCUT2D eigenvalue weighted by molar-refractivity contribution is 7.91. The second-order valence-electron chi connectivity index (χ2n) is 10.2. The van der Waals surface area contributed by atoms with Crippen molar-refractivity contribution in [1.82, 2.24) is 15.0 Å². The number of esters is 1. The Morgan fingerprint density at radius 2 is 1.89 bits per heavy atom. The average molecular weight is 512 g/mol. The predicted molar refractivity (Wildman–Crippen MR) is 135 cm³/mol. The quantitative estimate of drug-likeness (QED) is 0.473. The van der Waals surface area contributed by atoms with Crippen LogP contribution in [0, 0.1) is 0 Å². The number of carbonyl (C=O) groups is 1. The normalized spacial score (nSPS) is 21.9. The van der Waals surface area contributed by atoms with Gasteiger partial charge in [-0.1, -0.05) is 6.92 Å². The average Bonchev–Trinajstić information content (AvgIpc) is 2.76. The maximum atomic E-state index is 12.0. The molecule has 1 aliphatic carbocycles. The van der Waals surface area contributed by atoms with Crippen molar-refractivity contribution in [2.24, 2.45) is 5.73 Å². The van der Waals surface area contributed by atoms with Gasteiger partial charge in [-0.05, 0) is 43.0 Å². The first-order valence-corrected chi connectivity index (χ1v) is 13.7. The van der Waals surface area contributed by atoms with Gasteiger partial charge in [-0.25, -0.2) is 28.2 Å². The van der Waals surface area contributed by atoms with Crippen LogP contribution in [0.4, 0.5) is 11.6 Å². The number of anilines is 2. The molecule has 2 aliphatic rings. The van der Waals surface area contributed by atoms with Crippen LogP contribution in [0.5, 0.6) is 5.88 Å². The minimum absolute atomic E-state index is 0.00626. The van der Waals surface area contributed by atoms with Gasteiger partial charge < -0.3 is 20.5 Å². The number of nitrogens with two attached hydrogens (primary N) is 1. The molecule has 36 heavy (non-hydrogen) atoms. The van der Waals surface area contributed by atoms with Crippen LogP contribution < -0.4 is 15.8 Å². The van der Waals surface area contributed by atoms with Crippen LogP contribution in [0.15, 0.2) is 30.6 Å². The number of fused-ring (bicyclic) bond motifs is 2. The third kappa shape index (κ3) is 4.60. The van der Waals surface area contributed by atoms with Crippen molar-refractivity contribution in [2.75, 3.05) is 18.2 Å². The Labute approximate surface area is 209 Å². The van der Waals surface area contributed by atoms with Gasteiger partial charge in [0, 0.05) is 42.9 Å². The summed E-state index contributed by atoms with van der Waals surface area (Å²) in [6.07, 6.45) is 5.27. The van der Waals surface area contributed by atoms with E-state index in [0.29, 0.717) is 53.6 Å². The number of nitrogens with zero attached hydrogens (tertiary/aromatic N) is 3. The highest BCUT2D eigenvalue weighted by Crippen LogP contribution is 2.36. The summed E-state index contributed by atoms with van der Waals surface area (Å²) in [7, 11) is -3.08. The van der Waals surface area contributed by atoms with Crippen molar-refractivity contribution >= 4 is 38.2 Å². The second kappa shape index (κ2) is 8.67. The van der Waals surface area contributed by atoms with Gasteiger partial charge in [0.2, 0.25) is 5.88 Å². The molecule has 3 N–H and O–H groups in total. The smallest absolute Gasteiger partial charge is 0.340 e. The van der Waals surface area contributed by atoms with E-state index in [4.69, 9.17) is 15.2 Å². The predicted octanol–water partition coefficient (Wildman–Crippen LogP) is 3.19. The third-order valence-electron chi connectivity index (χ3n) is 6.70. The topological polar surface area (TPSA) is 146 Å². The zero-order valence-corrected chi connectivity index (χ0v) is 21.4. The number of cyclic esters (lactones) is 1. The number of hydrogen-bond acceptors (Lipinski definition) is 10. The van der Waals surface area contributed by atoms with E-state index in [-0.39, 0.29) is 23.2 Å². The summed E-state index contributed by atoms with van der Waals surface area (Å²) in [5, 5.41) is 4.35. The van der Waals surface area contributed by atoms with Gasteiger partial charge in [0.15, 0.2) is 9.84 Å². The number of aromatic nitrogens is 3. The summed E-state index contributed by atoms with van der Waals surface area (Å²) >= 11 is 0. The zero-order valence-electron chi connectivity index (χ0n) is 20.6. The molecule has 3 aromatic rings. The Morgan fingerprint density at radius 1 is 1.14 bits per heavy atom. The number of carbonyl (C=O) groups excluding carboxylic acids is 1. The molecule has 0 radical (unpaired) electrons. The van der Waals surface area contributed by atoms with Crippen molar-refractivity contribution < 1.29 is 22.7 Å². The van der Waals surface area contributed by atoms with Gasteiger partial charge in [0.25, 0.3) is 0 Å². The van der Waals surface area contributed by atoms with E-state index in [1.54, 1.807) is 24.5 Å². The van der Waals surface area contributed by atoms with Crippen LogP contribution >= 0.6 is 0 Å². The third-order valence-corrected chi connectivity index (χ3v) is 8.29. The fraction of sp³-hybridized carbons (Fsp3) is 0.440.